The van der Waals surface area contributed by atoms with Crippen molar-refractivity contribution in [3.63, 3.8) is 0 Å². The minimum absolute atomic E-state index is 0.186. The van der Waals surface area contributed by atoms with Crippen molar-refractivity contribution in [2.24, 2.45) is 11.7 Å². The van der Waals surface area contributed by atoms with E-state index in [0.29, 0.717) is 0 Å². The molecule has 0 bridgehead atoms. The summed E-state index contributed by atoms with van der Waals surface area (Å²) in [7, 11) is 0. The van der Waals surface area contributed by atoms with Gasteiger partial charge >= 0.3 is 5.97 Å². The molecule has 0 saturated carbocycles. The van der Waals surface area contributed by atoms with Crippen LogP contribution in [0, 0.1) is 5.92 Å². The van der Waals surface area contributed by atoms with E-state index in [4.69, 9.17) is 20.7 Å². The van der Waals surface area contributed by atoms with Gasteiger partial charge in [0.05, 0.1) is 19.3 Å². The first-order valence-electron chi connectivity index (χ1n) is 3.37. The molecule has 0 aromatic heterocycles. The van der Waals surface area contributed by atoms with E-state index in [-0.39, 0.29) is 13.2 Å². The summed E-state index contributed by atoms with van der Waals surface area (Å²) in [6.07, 6.45) is -0.735. The van der Waals surface area contributed by atoms with Crippen LogP contribution in [0.5, 0.6) is 0 Å². The van der Waals surface area contributed by atoms with Crippen molar-refractivity contribution < 1.29 is 19.7 Å². The first-order chi connectivity index (χ1) is 5.13. The van der Waals surface area contributed by atoms with Crippen LogP contribution in [0.3, 0.4) is 0 Å². The second kappa shape index (κ2) is 3.17. The molecule has 1 unspecified atom stereocenters. The Hall–Kier alpha value is -0.650. The number of aliphatic carboxylic acids is 1. The first-order valence-corrected chi connectivity index (χ1v) is 3.37. The summed E-state index contributed by atoms with van der Waals surface area (Å²) in [4.78, 5) is 10.3. The summed E-state index contributed by atoms with van der Waals surface area (Å²) in [5.74, 6) is -1.56. The maximum absolute atomic E-state index is 10.3. The number of carbonyl (C=O) groups is 1. The molecule has 0 aromatic rings. The fraction of sp³-hybridized carbons (Fsp3) is 0.833. The second-order valence-electron chi connectivity index (χ2n) is 2.63. The normalized spacial score (nSPS) is 33.6. The van der Waals surface area contributed by atoms with Gasteiger partial charge in [0.25, 0.3) is 0 Å². The molecule has 0 aliphatic carbocycles. The third kappa shape index (κ3) is 1.68. The fourth-order valence-electron chi connectivity index (χ4n) is 1.09. The highest BCUT2D eigenvalue weighted by molar-refractivity contribution is 5.73. The van der Waals surface area contributed by atoms with Gasteiger partial charge in [0.15, 0.2) is 0 Å². The van der Waals surface area contributed by atoms with Crippen LogP contribution < -0.4 is 5.73 Å². The highest BCUT2D eigenvalue weighted by atomic mass is 16.5. The predicted molar refractivity (Wildman–Crippen MR) is 35.9 cm³/mol. The first kappa shape index (κ1) is 8.45. The molecule has 4 N–H and O–H groups in total. The van der Waals surface area contributed by atoms with E-state index in [1.165, 1.54) is 0 Å². The van der Waals surface area contributed by atoms with Crippen LogP contribution in [0.15, 0.2) is 0 Å². The molecule has 1 saturated heterocycles. The molecular formula is C6H11NO4. The lowest BCUT2D eigenvalue weighted by molar-refractivity contribution is -0.140. The number of rotatable bonds is 2. The molecule has 5 heteroatoms. The molecule has 1 fully saturated rings. The number of aliphatic hydroxyl groups excluding tert-OH is 1. The van der Waals surface area contributed by atoms with E-state index < -0.39 is 24.0 Å². The summed E-state index contributed by atoms with van der Waals surface area (Å²) in [5.41, 5.74) is 5.27. The Balaban J connectivity index is 2.52. The van der Waals surface area contributed by atoms with E-state index in [0.717, 1.165) is 0 Å². The Morgan fingerprint density at radius 3 is 2.64 bits per heavy atom. The lowest BCUT2D eigenvalue weighted by Crippen LogP contribution is -2.43. The average molecular weight is 161 g/mol. The molecule has 1 heterocycles. The lowest BCUT2D eigenvalue weighted by Gasteiger charge is -2.15. The number of ether oxygens (including phenoxy) is 1. The molecule has 0 amide bonds. The van der Waals surface area contributed by atoms with Gasteiger partial charge in [-0.1, -0.05) is 0 Å². The smallest absolute Gasteiger partial charge is 0.320 e. The molecule has 5 nitrogen and oxygen atoms in total. The topological polar surface area (TPSA) is 92.8 Å². The molecule has 0 aromatic carbocycles. The van der Waals surface area contributed by atoms with Gasteiger partial charge < -0.3 is 20.7 Å². The van der Waals surface area contributed by atoms with Crippen molar-refractivity contribution in [2.75, 3.05) is 13.2 Å². The van der Waals surface area contributed by atoms with Crippen LogP contribution in [0.4, 0.5) is 0 Å². The zero-order chi connectivity index (χ0) is 8.43. The zero-order valence-corrected chi connectivity index (χ0v) is 5.93. The van der Waals surface area contributed by atoms with Crippen LogP contribution in [0.1, 0.15) is 0 Å². The van der Waals surface area contributed by atoms with Gasteiger partial charge in [-0.15, -0.1) is 0 Å². The Labute approximate surface area is 63.8 Å². The molecule has 1 rings (SSSR count). The summed E-state index contributed by atoms with van der Waals surface area (Å²) in [5, 5.41) is 17.6. The van der Waals surface area contributed by atoms with Crippen molar-refractivity contribution in [3.05, 3.63) is 0 Å². The van der Waals surface area contributed by atoms with E-state index >= 15 is 0 Å². The van der Waals surface area contributed by atoms with Crippen LogP contribution in [-0.2, 0) is 9.53 Å². The number of carboxylic acid groups (broad SMARTS) is 1. The number of hydrogen-bond acceptors (Lipinski definition) is 4. The zero-order valence-electron chi connectivity index (χ0n) is 5.93. The van der Waals surface area contributed by atoms with Gasteiger partial charge in [0.1, 0.15) is 6.04 Å². The number of hydrogen-bond donors (Lipinski definition) is 3. The third-order valence-corrected chi connectivity index (χ3v) is 1.84. The third-order valence-electron chi connectivity index (χ3n) is 1.84. The highest BCUT2D eigenvalue weighted by Crippen LogP contribution is 2.16. The molecule has 3 atom stereocenters. The Kier molecular flexibility index (Phi) is 2.43. The minimum atomic E-state index is -1.10. The highest BCUT2D eigenvalue weighted by Gasteiger charge is 2.35. The molecule has 64 valence electrons. The van der Waals surface area contributed by atoms with Crippen molar-refractivity contribution in [1.29, 1.82) is 0 Å². The summed E-state index contributed by atoms with van der Waals surface area (Å²) in [6, 6.07) is -1.02. The van der Waals surface area contributed by atoms with Crippen molar-refractivity contribution in [2.45, 2.75) is 12.1 Å². The summed E-state index contributed by atoms with van der Waals surface area (Å²) in [6.45, 7) is 0.417. The monoisotopic (exact) mass is 161 g/mol. The Morgan fingerprint density at radius 1 is 1.64 bits per heavy atom. The van der Waals surface area contributed by atoms with Crippen LogP contribution in [0.2, 0.25) is 0 Å². The van der Waals surface area contributed by atoms with Crippen LogP contribution in [0.25, 0.3) is 0 Å². The van der Waals surface area contributed by atoms with E-state index in [1.54, 1.807) is 0 Å². The van der Waals surface area contributed by atoms with Gasteiger partial charge in [-0.2, -0.15) is 0 Å². The van der Waals surface area contributed by atoms with Crippen LogP contribution in [-0.4, -0.2) is 41.5 Å². The van der Waals surface area contributed by atoms with E-state index in [2.05, 4.69) is 0 Å². The van der Waals surface area contributed by atoms with Gasteiger partial charge in [0, 0.05) is 5.92 Å². The Morgan fingerprint density at radius 2 is 2.27 bits per heavy atom. The van der Waals surface area contributed by atoms with Crippen molar-refractivity contribution in [3.8, 4) is 0 Å². The molecule has 1 aliphatic heterocycles. The van der Waals surface area contributed by atoms with Crippen molar-refractivity contribution in [1.82, 2.24) is 0 Å². The van der Waals surface area contributed by atoms with Crippen LogP contribution >= 0.6 is 0 Å². The van der Waals surface area contributed by atoms with Gasteiger partial charge in [0.2, 0.25) is 0 Å². The second-order valence-corrected chi connectivity index (χ2v) is 2.63. The summed E-state index contributed by atoms with van der Waals surface area (Å²) >= 11 is 0. The average Bonchev–Trinajstić information content (AvgIpc) is 2.33. The maximum Gasteiger partial charge on any atom is 0.320 e. The SMILES string of the molecule is NC(C(=O)O)[C@H]1COC[C@@H]1O. The van der Waals surface area contributed by atoms with E-state index in [9.17, 15) is 4.79 Å². The van der Waals surface area contributed by atoms with Gasteiger partial charge in [-0.05, 0) is 0 Å². The Bertz CT molecular complexity index is 161. The van der Waals surface area contributed by atoms with Gasteiger partial charge in [-0.25, -0.2) is 0 Å². The van der Waals surface area contributed by atoms with Crippen molar-refractivity contribution >= 4 is 5.97 Å². The lowest BCUT2D eigenvalue weighted by atomic mass is 9.98. The predicted octanol–water partition coefficient (Wildman–Crippen LogP) is -1.59. The standard InChI is InChI=1S/C6H11NO4/c7-5(6(9)10)3-1-11-2-4(3)8/h3-5,8H,1-2,7H2,(H,9,10)/t3-,4-,5?/m0/s1. The quantitative estimate of drug-likeness (QED) is 0.454. The number of aliphatic hydroxyl groups is 1. The van der Waals surface area contributed by atoms with E-state index in [1.807, 2.05) is 0 Å². The minimum Gasteiger partial charge on any atom is -0.480 e. The molecule has 11 heavy (non-hydrogen) atoms. The molecule has 1 aliphatic rings. The number of carboxylic acids is 1. The van der Waals surface area contributed by atoms with Gasteiger partial charge in [-0.3, -0.25) is 4.79 Å². The molecule has 0 spiro atoms. The molecular weight excluding hydrogens is 150 g/mol. The fourth-order valence-corrected chi connectivity index (χ4v) is 1.09. The number of nitrogens with two attached hydrogens (primary N) is 1. The largest absolute Gasteiger partial charge is 0.480 e. The molecule has 0 radical (unpaired) electrons. The summed E-state index contributed by atoms with van der Waals surface area (Å²) < 4.78 is 4.85. The maximum atomic E-state index is 10.3.